The van der Waals surface area contributed by atoms with Crippen LogP contribution in [0.5, 0.6) is 0 Å². The second kappa shape index (κ2) is 6.19. The van der Waals surface area contributed by atoms with Crippen molar-refractivity contribution in [2.45, 2.75) is 19.8 Å². The van der Waals surface area contributed by atoms with E-state index >= 15 is 0 Å². The Kier molecular flexibility index (Phi) is 5.21. The number of halogens is 2. The van der Waals surface area contributed by atoms with Crippen LogP contribution in [0.3, 0.4) is 0 Å². The summed E-state index contributed by atoms with van der Waals surface area (Å²) < 4.78 is 2.16. The van der Waals surface area contributed by atoms with Crippen molar-refractivity contribution in [1.29, 1.82) is 0 Å². The summed E-state index contributed by atoms with van der Waals surface area (Å²) in [6.45, 7) is 2.96. The van der Waals surface area contributed by atoms with Crippen LogP contribution in [0.25, 0.3) is 0 Å². The lowest BCUT2D eigenvalue weighted by molar-refractivity contribution is 0.906. The summed E-state index contributed by atoms with van der Waals surface area (Å²) in [4.78, 5) is 0. The molecule has 0 fully saturated rings. The Morgan fingerprint density at radius 1 is 1.33 bits per heavy atom. The first-order valence-electron chi connectivity index (χ1n) is 4.78. The van der Waals surface area contributed by atoms with Crippen molar-refractivity contribution in [1.82, 2.24) is 0 Å². The standard InChI is InChI=1S/C12H13Br2N/c1-3-4-5-6-15-12-10(13)7-9(2)8-11(12)14/h1,7-8,15H,4-6H2,2H3. The third kappa shape index (κ3) is 3.89. The molecule has 1 nitrogen and oxygen atoms in total. The molecule has 0 saturated heterocycles. The van der Waals surface area contributed by atoms with Gasteiger partial charge in [0.1, 0.15) is 0 Å². The minimum atomic E-state index is 0.814. The fourth-order valence-electron chi connectivity index (χ4n) is 1.27. The van der Waals surface area contributed by atoms with E-state index in [9.17, 15) is 0 Å². The first-order valence-corrected chi connectivity index (χ1v) is 6.36. The zero-order valence-electron chi connectivity index (χ0n) is 8.61. The van der Waals surface area contributed by atoms with E-state index in [1.165, 1.54) is 5.56 Å². The van der Waals surface area contributed by atoms with Crippen molar-refractivity contribution in [3.8, 4) is 12.3 Å². The molecule has 1 N–H and O–H groups in total. The Bertz CT molecular complexity index is 357. The predicted octanol–water partition coefficient (Wildman–Crippen LogP) is 4.35. The molecule has 0 heterocycles. The van der Waals surface area contributed by atoms with Gasteiger partial charge in [0.25, 0.3) is 0 Å². The largest absolute Gasteiger partial charge is 0.383 e. The molecule has 3 heteroatoms. The van der Waals surface area contributed by atoms with Gasteiger partial charge in [-0.05, 0) is 62.9 Å². The van der Waals surface area contributed by atoms with Crippen LogP contribution in [0.1, 0.15) is 18.4 Å². The molecule has 0 bridgehead atoms. The van der Waals surface area contributed by atoms with Crippen LogP contribution in [-0.2, 0) is 0 Å². The molecule has 0 aliphatic heterocycles. The van der Waals surface area contributed by atoms with Crippen molar-refractivity contribution >= 4 is 37.5 Å². The van der Waals surface area contributed by atoms with E-state index in [2.05, 4.69) is 62.2 Å². The molecule has 0 aliphatic carbocycles. The maximum absolute atomic E-state index is 5.19. The number of nitrogens with one attached hydrogen (secondary N) is 1. The minimum absolute atomic E-state index is 0.814. The lowest BCUT2D eigenvalue weighted by atomic mass is 10.2. The second-order valence-corrected chi connectivity index (χ2v) is 5.05. The molecular formula is C12H13Br2N. The van der Waals surface area contributed by atoms with E-state index in [4.69, 9.17) is 6.42 Å². The number of hydrogen-bond donors (Lipinski definition) is 1. The molecule has 0 unspecified atom stereocenters. The Morgan fingerprint density at radius 2 is 1.93 bits per heavy atom. The van der Waals surface area contributed by atoms with Crippen molar-refractivity contribution in [3.63, 3.8) is 0 Å². The van der Waals surface area contributed by atoms with E-state index < -0.39 is 0 Å². The van der Waals surface area contributed by atoms with Gasteiger partial charge in [-0.2, -0.15) is 0 Å². The third-order valence-corrected chi connectivity index (χ3v) is 3.24. The van der Waals surface area contributed by atoms with E-state index in [1.54, 1.807) is 0 Å². The normalized spacial score (nSPS) is 9.73. The summed E-state index contributed by atoms with van der Waals surface area (Å²) in [7, 11) is 0. The van der Waals surface area contributed by atoms with Gasteiger partial charge in [-0.3, -0.25) is 0 Å². The van der Waals surface area contributed by atoms with Crippen molar-refractivity contribution in [3.05, 3.63) is 26.6 Å². The highest BCUT2D eigenvalue weighted by atomic mass is 79.9. The summed E-state index contributed by atoms with van der Waals surface area (Å²) in [6, 6.07) is 4.18. The highest BCUT2D eigenvalue weighted by Crippen LogP contribution is 2.32. The lowest BCUT2D eigenvalue weighted by Gasteiger charge is -2.11. The molecule has 0 amide bonds. The maximum Gasteiger partial charge on any atom is 0.0629 e. The molecule has 0 atom stereocenters. The smallest absolute Gasteiger partial charge is 0.0629 e. The van der Waals surface area contributed by atoms with Gasteiger partial charge in [-0.25, -0.2) is 0 Å². The summed E-state index contributed by atoms with van der Waals surface area (Å²) in [5, 5.41) is 3.35. The van der Waals surface area contributed by atoms with Crippen LogP contribution in [0.4, 0.5) is 5.69 Å². The molecule has 0 aromatic heterocycles. The van der Waals surface area contributed by atoms with E-state index in [0.717, 1.165) is 34.0 Å². The summed E-state index contributed by atoms with van der Waals surface area (Å²) in [5.41, 5.74) is 2.32. The lowest BCUT2D eigenvalue weighted by Crippen LogP contribution is -2.02. The second-order valence-electron chi connectivity index (χ2n) is 3.34. The average molecular weight is 331 g/mol. The molecule has 1 aromatic rings. The molecule has 1 aromatic carbocycles. The van der Waals surface area contributed by atoms with E-state index in [0.29, 0.717) is 0 Å². The fraction of sp³-hybridized carbons (Fsp3) is 0.333. The zero-order chi connectivity index (χ0) is 11.3. The Hall–Kier alpha value is -0.460. The Morgan fingerprint density at radius 3 is 2.47 bits per heavy atom. The molecule has 0 saturated carbocycles. The molecule has 0 aliphatic rings. The summed E-state index contributed by atoms with van der Waals surface area (Å²) >= 11 is 7.07. The number of rotatable bonds is 4. The number of aryl methyl sites for hydroxylation is 1. The molecule has 15 heavy (non-hydrogen) atoms. The van der Waals surface area contributed by atoms with Gasteiger partial charge in [-0.1, -0.05) is 0 Å². The fourth-order valence-corrected chi connectivity index (χ4v) is 2.97. The van der Waals surface area contributed by atoms with Gasteiger partial charge in [0.15, 0.2) is 0 Å². The van der Waals surface area contributed by atoms with Crippen LogP contribution in [0.2, 0.25) is 0 Å². The van der Waals surface area contributed by atoms with Crippen molar-refractivity contribution in [2.24, 2.45) is 0 Å². The molecule has 80 valence electrons. The van der Waals surface area contributed by atoms with E-state index in [-0.39, 0.29) is 0 Å². The Balaban J connectivity index is 2.65. The predicted molar refractivity (Wildman–Crippen MR) is 73.1 cm³/mol. The topological polar surface area (TPSA) is 12.0 Å². The molecule has 1 rings (SSSR count). The van der Waals surface area contributed by atoms with Crippen LogP contribution >= 0.6 is 31.9 Å². The zero-order valence-corrected chi connectivity index (χ0v) is 11.8. The number of unbranched alkanes of at least 4 members (excludes halogenated alkanes) is 1. The van der Waals surface area contributed by atoms with Crippen molar-refractivity contribution < 1.29 is 0 Å². The molecule has 0 radical (unpaired) electrons. The Labute approximate surface area is 108 Å². The number of hydrogen-bond acceptors (Lipinski definition) is 1. The van der Waals surface area contributed by atoms with Gasteiger partial charge >= 0.3 is 0 Å². The minimum Gasteiger partial charge on any atom is -0.383 e. The van der Waals surface area contributed by atoms with Gasteiger partial charge in [0.05, 0.1) is 5.69 Å². The van der Waals surface area contributed by atoms with Crippen molar-refractivity contribution in [2.75, 3.05) is 11.9 Å². The van der Waals surface area contributed by atoms with Gasteiger partial charge in [-0.15, -0.1) is 12.3 Å². The maximum atomic E-state index is 5.19. The number of anilines is 1. The number of benzene rings is 1. The monoisotopic (exact) mass is 329 g/mol. The van der Waals surface area contributed by atoms with Gasteiger partial charge in [0, 0.05) is 21.9 Å². The SMILES string of the molecule is C#CCCCNc1c(Br)cc(C)cc1Br. The van der Waals surface area contributed by atoms with Crippen LogP contribution in [0.15, 0.2) is 21.1 Å². The van der Waals surface area contributed by atoms with Crippen LogP contribution in [0, 0.1) is 19.3 Å². The van der Waals surface area contributed by atoms with Crippen LogP contribution in [-0.4, -0.2) is 6.54 Å². The quantitative estimate of drug-likeness (QED) is 0.639. The first kappa shape index (κ1) is 12.6. The van der Waals surface area contributed by atoms with E-state index in [1.807, 2.05) is 0 Å². The molecular weight excluding hydrogens is 318 g/mol. The summed E-state index contributed by atoms with van der Waals surface area (Å²) in [5.74, 6) is 2.63. The van der Waals surface area contributed by atoms with Crippen LogP contribution < -0.4 is 5.32 Å². The first-order chi connectivity index (χ1) is 7.15. The molecule has 0 spiro atoms. The van der Waals surface area contributed by atoms with Gasteiger partial charge < -0.3 is 5.32 Å². The highest BCUT2D eigenvalue weighted by molar-refractivity contribution is 9.11. The number of terminal acetylenes is 1. The average Bonchev–Trinajstić information content (AvgIpc) is 2.15. The third-order valence-electron chi connectivity index (χ3n) is 1.99. The van der Waals surface area contributed by atoms with Gasteiger partial charge in [0.2, 0.25) is 0 Å². The summed E-state index contributed by atoms with van der Waals surface area (Å²) in [6.07, 6.45) is 6.99. The highest BCUT2D eigenvalue weighted by Gasteiger charge is 2.04.